The Morgan fingerprint density at radius 2 is 2.47 bits per heavy atom. The van der Waals surface area contributed by atoms with E-state index < -0.39 is 0 Å². The minimum Gasteiger partial charge on any atom is -0.328 e. The number of amidine groups is 1. The first-order chi connectivity index (χ1) is 8.20. The highest BCUT2D eigenvalue weighted by Gasteiger charge is 2.37. The summed E-state index contributed by atoms with van der Waals surface area (Å²) in [6.07, 6.45) is 1.94. The van der Waals surface area contributed by atoms with Gasteiger partial charge in [-0.2, -0.15) is 0 Å². The van der Waals surface area contributed by atoms with Gasteiger partial charge in [-0.3, -0.25) is 4.79 Å². The lowest BCUT2D eigenvalue weighted by Crippen LogP contribution is -2.47. The summed E-state index contributed by atoms with van der Waals surface area (Å²) in [6.45, 7) is 0.788. The quantitative estimate of drug-likeness (QED) is 0.417. The highest BCUT2D eigenvalue weighted by atomic mass is 127. The number of nitrogens with one attached hydrogen (secondary N) is 1. The van der Waals surface area contributed by atoms with E-state index >= 15 is 0 Å². The van der Waals surface area contributed by atoms with E-state index in [0.717, 1.165) is 27.3 Å². The third-order valence-corrected chi connectivity index (χ3v) is 4.90. The van der Waals surface area contributed by atoms with Crippen molar-refractivity contribution in [3.8, 4) is 0 Å². The molecule has 0 radical (unpaired) electrons. The molecule has 1 atom stereocenters. The number of aliphatic imine (C=N–C) groups is 1. The monoisotopic (exact) mass is 362 g/mol. The molecule has 0 aliphatic carbocycles. The number of thiophene rings is 1. The Labute approximate surface area is 116 Å². The van der Waals surface area contributed by atoms with Gasteiger partial charge in [-0.25, -0.2) is 10.8 Å². The van der Waals surface area contributed by atoms with Gasteiger partial charge >= 0.3 is 0 Å². The molecule has 1 amide bonds. The maximum Gasteiger partial charge on any atom is 0.257 e. The minimum atomic E-state index is 0.0183. The lowest BCUT2D eigenvalue weighted by atomic mass is 10.2. The van der Waals surface area contributed by atoms with Crippen LogP contribution in [0.3, 0.4) is 0 Å². The van der Waals surface area contributed by atoms with Crippen molar-refractivity contribution in [1.82, 2.24) is 10.3 Å². The fourth-order valence-corrected chi connectivity index (χ4v) is 4.05. The predicted octanol–water partition coefficient (Wildman–Crippen LogP) is 1.46. The molecule has 17 heavy (non-hydrogen) atoms. The smallest absolute Gasteiger partial charge is 0.257 e. The fraction of sp³-hybridized carbons (Fsp3) is 0.400. The summed E-state index contributed by atoms with van der Waals surface area (Å²) in [6, 6.07) is 1.92. The van der Waals surface area contributed by atoms with Crippen molar-refractivity contribution in [3.63, 3.8) is 0 Å². The average Bonchev–Trinajstić information content (AvgIpc) is 2.89. The average molecular weight is 362 g/mol. The molecule has 5 nitrogen and oxygen atoms in total. The number of rotatable bonds is 0. The number of hydrogen-bond acceptors (Lipinski definition) is 5. The Hall–Kier alpha value is -0.670. The summed E-state index contributed by atoms with van der Waals surface area (Å²) in [5, 5.41) is 0.766. The van der Waals surface area contributed by atoms with E-state index in [1.54, 1.807) is 0 Å². The molecule has 3 rings (SSSR count). The topological polar surface area (TPSA) is 70.7 Å². The highest BCUT2D eigenvalue weighted by molar-refractivity contribution is 14.1. The fourth-order valence-electron chi connectivity index (χ4n) is 2.35. The highest BCUT2D eigenvalue weighted by Crippen LogP contribution is 2.37. The van der Waals surface area contributed by atoms with Gasteiger partial charge in [-0.15, -0.1) is 11.3 Å². The Morgan fingerprint density at radius 3 is 3.24 bits per heavy atom. The van der Waals surface area contributed by atoms with Crippen LogP contribution in [0.5, 0.6) is 0 Å². The number of hydrazine groups is 1. The van der Waals surface area contributed by atoms with Gasteiger partial charge in [-0.1, -0.05) is 0 Å². The number of amides is 1. The molecule has 0 aromatic carbocycles. The van der Waals surface area contributed by atoms with Crippen LogP contribution in [-0.4, -0.2) is 29.2 Å². The van der Waals surface area contributed by atoms with Crippen molar-refractivity contribution in [3.05, 3.63) is 14.5 Å². The van der Waals surface area contributed by atoms with E-state index in [9.17, 15) is 4.79 Å². The van der Waals surface area contributed by atoms with Crippen molar-refractivity contribution in [1.29, 1.82) is 0 Å². The molecule has 1 saturated heterocycles. The van der Waals surface area contributed by atoms with Gasteiger partial charge in [0.15, 0.2) is 0 Å². The summed E-state index contributed by atoms with van der Waals surface area (Å²) >= 11 is 3.73. The number of nitrogens with zero attached hydrogens (tertiary/aromatic N) is 2. The van der Waals surface area contributed by atoms with Crippen LogP contribution in [0.25, 0.3) is 0 Å². The van der Waals surface area contributed by atoms with Crippen molar-refractivity contribution in [2.75, 3.05) is 6.54 Å². The first-order valence-electron chi connectivity index (χ1n) is 5.36. The van der Waals surface area contributed by atoms with E-state index in [1.807, 2.05) is 11.0 Å². The van der Waals surface area contributed by atoms with Crippen LogP contribution in [0.2, 0.25) is 0 Å². The summed E-state index contributed by atoms with van der Waals surface area (Å²) in [4.78, 5) is 18.8. The number of fused-ring (bicyclic) bond motifs is 2. The van der Waals surface area contributed by atoms with Crippen LogP contribution < -0.4 is 11.3 Å². The van der Waals surface area contributed by atoms with Crippen LogP contribution in [0, 0.1) is 2.88 Å². The van der Waals surface area contributed by atoms with Gasteiger partial charge in [0.2, 0.25) is 0 Å². The normalized spacial score (nSPS) is 22.9. The second kappa shape index (κ2) is 4.21. The predicted molar refractivity (Wildman–Crippen MR) is 75.5 cm³/mol. The molecule has 3 heterocycles. The van der Waals surface area contributed by atoms with Crippen LogP contribution in [0.4, 0.5) is 5.00 Å². The molecule has 1 aromatic heterocycles. The second-order valence-electron chi connectivity index (χ2n) is 4.07. The number of carbonyl (C=O) groups is 1. The van der Waals surface area contributed by atoms with Crippen molar-refractivity contribution < 1.29 is 4.79 Å². The Morgan fingerprint density at radius 1 is 1.65 bits per heavy atom. The second-order valence-corrected chi connectivity index (χ2v) is 6.99. The number of halogens is 1. The first-order valence-corrected chi connectivity index (χ1v) is 7.25. The van der Waals surface area contributed by atoms with Crippen molar-refractivity contribution in [2.24, 2.45) is 10.8 Å². The van der Waals surface area contributed by atoms with E-state index in [-0.39, 0.29) is 11.9 Å². The zero-order valence-corrected chi connectivity index (χ0v) is 11.9. The molecule has 3 N–H and O–H groups in total. The number of carbonyl (C=O) groups excluding carboxylic acids is 1. The van der Waals surface area contributed by atoms with Crippen LogP contribution in [-0.2, 0) is 0 Å². The summed E-state index contributed by atoms with van der Waals surface area (Å²) in [5.41, 5.74) is 3.35. The van der Waals surface area contributed by atoms with Crippen LogP contribution in [0.15, 0.2) is 11.1 Å². The summed E-state index contributed by atoms with van der Waals surface area (Å²) in [5.74, 6) is 6.30. The first kappa shape index (κ1) is 11.4. The molecule has 0 bridgehead atoms. The molecule has 0 saturated carbocycles. The van der Waals surface area contributed by atoms with Gasteiger partial charge in [0, 0.05) is 6.54 Å². The third kappa shape index (κ3) is 1.76. The van der Waals surface area contributed by atoms with Gasteiger partial charge in [0.25, 0.3) is 5.91 Å². The molecule has 1 fully saturated rings. The minimum absolute atomic E-state index is 0.0183. The third-order valence-electron chi connectivity index (χ3n) is 3.11. The molecule has 7 heteroatoms. The maximum atomic E-state index is 12.4. The van der Waals surface area contributed by atoms with Gasteiger partial charge in [-0.05, 0) is 41.5 Å². The largest absolute Gasteiger partial charge is 0.328 e. The molecular formula is C10H11IN4OS. The molecule has 2 aliphatic rings. The molecule has 2 aliphatic heterocycles. The van der Waals surface area contributed by atoms with Crippen LogP contribution in [0.1, 0.15) is 23.2 Å². The molecule has 0 spiro atoms. The molecule has 1 aromatic rings. The van der Waals surface area contributed by atoms with Crippen molar-refractivity contribution >= 4 is 50.7 Å². The van der Waals surface area contributed by atoms with Crippen LogP contribution >= 0.6 is 33.9 Å². The molecular weight excluding hydrogens is 351 g/mol. The standard InChI is InChI=1S/C10H11IN4OS/c11-7-4-5-9(17-7)13-8(14-12)6-2-1-3-15(6)10(5)16/h4,6H,1-3,12H2,(H,13,14)/t6-/m0/s1. The lowest BCUT2D eigenvalue weighted by Gasteiger charge is -2.23. The number of hydrogen-bond donors (Lipinski definition) is 2. The SMILES string of the molecule is NNC1=Nc2sc(I)cc2C(=O)N2CCC[C@@H]12. The zero-order valence-electron chi connectivity index (χ0n) is 8.94. The Balaban J connectivity index is 2.15. The van der Waals surface area contributed by atoms with E-state index in [4.69, 9.17) is 5.84 Å². The summed E-state index contributed by atoms with van der Waals surface area (Å²) < 4.78 is 1.07. The lowest BCUT2D eigenvalue weighted by molar-refractivity contribution is 0.0772. The van der Waals surface area contributed by atoms with Gasteiger partial charge < -0.3 is 10.3 Å². The zero-order chi connectivity index (χ0) is 12.0. The van der Waals surface area contributed by atoms with E-state index in [2.05, 4.69) is 33.0 Å². The van der Waals surface area contributed by atoms with E-state index in [1.165, 1.54) is 11.3 Å². The van der Waals surface area contributed by atoms with Gasteiger partial charge in [0.1, 0.15) is 10.8 Å². The maximum absolute atomic E-state index is 12.4. The molecule has 90 valence electrons. The van der Waals surface area contributed by atoms with Crippen molar-refractivity contribution in [2.45, 2.75) is 18.9 Å². The summed E-state index contributed by atoms with van der Waals surface area (Å²) in [7, 11) is 0. The molecule has 0 unspecified atom stereocenters. The Bertz CT molecular complexity index is 512. The number of nitrogens with two attached hydrogens (primary N) is 1. The Kier molecular flexibility index (Phi) is 2.83. The van der Waals surface area contributed by atoms with Gasteiger partial charge in [0.05, 0.1) is 14.5 Å². The van der Waals surface area contributed by atoms with E-state index in [0.29, 0.717) is 11.4 Å².